The van der Waals surface area contributed by atoms with Crippen molar-refractivity contribution in [2.45, 2.75) is 52.1 Å². The van der Waals surface area contributed by atoms with Gasteiger partial charge in [-0.1, -0.05) is 13.3 Å². The second-order valence-corrected chi connectivity index (χ2v) is 7.47. The van der Waals surface area contributed by atoms with E-state index in [9.17, 15) is 0 Å². The molecule has 3 rings (SSSR count). The predicted molar refractivity (Wildman–Crippen MR) is 127 cm³/mol. The van der Waals surface area contributed by atoms with Crippen molar-refractivity contribution in [3.63, 3.8) is 0 Å². The van der Waals surface area contributed by atoms with Crippen molar-refractivity contribution in [1.82, 2.24) is 35.2 Å². The predicted octanol–water partition coefficient (Wildman–Crippen LogP) is 1.98. The van der Waals surface area contributed by atoms with Crippen LogP contribution in [0.25, 0.3) is 0 Å². The number of unbranched alkanes of at least 4 members (excludes halogenated alkanes) is 1. The molecule has 1 unspecified atom stereocenters. The Balaban J connectivity index is 0.00000300. The van der Waals surface area contributed by atoms with E-state index >= 15 is 0 Å². The zero-order valence-electron chi connectivity index (χ0n) is 17.9. The minimum absolute atomic E-state index is 0. The van der Waals surface area contributed by atoms with Crippen LogP contribution in [0, 0.1) is 6.92 Å². The summed E-state index contributed by atoms with van der Waals surface area (Å²) in [6, 6.07) is 0.350. The summed E-state index contributed by atoms with van der Waals surface area (Å²) in [5, 5.41) is 19.7. The van der Waals surface area contributed by atoms with Crippen LogP contribution in [0.2, 0.25) is 0 Å². The number of anilines is 1. The second kappa shape index (κ2) is 11.4. The van der Waals surface area contributed by atoms with Crippen LogP contribution in [-0.2, 0) is 20.6 Å². The zero-order valence-corrected chi connectivity index (χ0v) is 20.3. The highest BCUT2D eigenvalue weighted by Gasteiger charge is 2.22. The third-order valence-electron chi connectivity index (χ3n) is 5.20. The van der Waals surface area contributed by atoms with Gasteiger partial charge in [0.25, 0.3) is 0 Å². The van der Waals surface area contributed by atoms with Gasteiger partial charge in [-0.15, -0.1) is 34.2 Å². The molecular formula is C19H34IN9. The van der Waals surface area contributed by atoms with E-state index in [0.717, 1.165) is 62.9 Å². The first-order valence-corrected chi connectivity index (χ1v) is 10.2. The maximum atomic E-state index is 4.77. The molecule has 1 atom stereocenters. The van der Waals surface area contributed by atoms with E-state index in [2.05, 4.69) is 44.0 Å². The lowest BCUT2D eigenvalue weighted by molar-refractivity contribution is 0.467. The summed E-state index contributed by atoms with van der Waals surface area (Å²) in [6.07, 6.45) is 8.57. The van der Waals surface area contributed by atoms with Gasteiger partial charge in [-0.3, -0.25) is 4.68 Å². The fraction of sp³-hybridized carbons (Fsp3) is 0.684. The number of rotatable bonds is 7. The van der Waals surface area contributed by atoms with Gasteiger partial charge in [0.05, 0.1) is 11.9 Å². The fourth-order valence-electron chi connectivity index (χ4n) is 3.37. The summed E-state index contributed by atoms with van der Waals surface area (Å²) >= 11 is 0. The number of piperidine rings is 1. The Hall–Kier alpha value is -1.85. The third-order valence-corrected chi connectivity index (χ3v) is 5.20. The van der Waals surface area contributed by atoms with Gasteiger partial charge in [0.15, 0.2) is 11.8 Å². The largest absolute Gasteiger partial charge is 0.367 e. The average molecular weight is 515 g/mol. The number of aliphatic imine (C=N–C) groups is 1. The van der Waals surface area contributed by atoms with Crippen LogP contribution in [0.3, 0.4) is 0 Å². The Labute approximate surface area is 190 Å². The van der Waals surface area contributed by atoms with E-state index < -0.39 is 0 Å². The highest BCUT2D eigenvalue weighted by atomic mass is 127. The minimum atomic E-state index is 0. The molecule has 2 aromatic heterocycles. The highest BCUT2D eigenvalue weighted by molar-refractivity contribution is 14.0. The van der Waals surface area contributed by atoms with Gasteiger partial charge in [0, 0.05) is 46.0 Å². The number of hydrogen-bond donors (Lipinski definition) is 2. The molecule has 2 N–H and O–H groups in total. The van der Waals surface area contributed by atoms with Crippen molar-refractivity contribution >= 4 is 35.6 Å². The molecule has 1 saturated heterocycles. The van der Waals surface area contributed by atoms with E-state index in [1.54, 1.807) is 0 Å². The topological polar surface area (TPSA) is 88.2 Å². The molecular weight excluding hydrogens is 481 g/mol. The molecule has 1 aliphatic rings. The van der Waals surface area contributed by atoms with Crippen LogP contribution < -0.4 is 15.5 Å². The van der Waals surface area contributed by atoms with Gasteiger partial charge in [-0.2, -0.15) is 5.10 Å². The monoisotopic (exact) mass is 515 g/mol. The third kappa shape index (κ3) is 6.58. The van der Waals surface area contributed by atoms with Gasteiger partial charge in [-0.05, 0) is 26.2 Å². The Morgan fingerprint density at radius 1 is 1.31 bits per heavy atom. The van der Waals surface area contributed by atoms with Gasteiger partial charge >= 0.3 is 0 Å². The Bertz CT molecular complexity index is 782. The first-order valence-electron chi connectivity index (χ1n) is 10.2. The highest BCUT2D eigenvalue weighted by Crippen LogP contribution is 2.19. The van der Waals surface area contributed by atoms with Crippen molar-refractivity contribution in [3.05, 3.63) is 24.0 Å². The van der Waals surface area contributed by atoms with Crippen LogP contribution in [0.5, 0.6) is 0 Å². The fourth-order valence-corrected chi connectivity index (χ4v) is 3.37. The Kier molecular flexibility index (Phi) is 9.18. The standard InChI is InChI=1S/C19H33N9.HI/c1-5-6-9-20-19(21-12-18-25-24-15(2)27(18)4)23-16-8-7-10-28(13-16)17-11-22-26(3)14-17;/h11,14,16H,5-10,12-13H2,1-4H3,(H2,20,21,23);1H. The molecule has 3 heterocycles. The molecule has 0 aliphatic carbocycles. The molecule has 0 spiro atoms. The van der Waals surface area contributed by atoms with Gasteiger partial charge in [-0.25, -0.2) is 4.99 Å². The molecule has 1 fully saturated rings. The maximum absolute atomic E-state index is 4.77. The zero-order chi connectivity index (χ0) is 19.9. The van der Waals surface area contributed by atoms with E-state index in [4.69, 9.17) is 4.99 Å². The summed E-state index contributed by atoms with van der Waals surface area (Å²) < 4.78 is 3.84. The van der Waals surface area contributed by atoms with Crippen LogP contribution in [0.4, 0.5) is 5.69 Å². The molecule has 0 radical (unpaired) electrons. The molecule has 162 valence electrons. The number of guanidine groups is 1. The van der Waals surface area contributed by atoms with Crippen LogP contribution in [0.15, 0.2) is 17.4 Å². The van der Waals surface area contributed by atoms with Crippen molar-refractivity contribution in [1.29, 1.82) is 0 Å². The molecule has 10 heteroatoms. The summed E-state index contributed by atoms with van der Waals surface area (Å²) in [7, 11) is 3.94. The second-order valence-electron chi connectivity index (χ2n) is 7.47. The summed E-state index contributed by atoms with van der Waals surface area (Å²) in [6.45, 7) is 7.59. The maximum Gasteiger partial charge on any atom is 0.191 e. The first-order chi connectivity index (χ1) is 13.6. The quantitative estimate of drug-likeness (QED) is 0.254. The van der Waals surface area contributed by atoms with E-state index in [0.29, 0.717) is 12.6 Å². The molecule has 29 heavy (non-hydrogen) atoms. The lowest BCUT2D eigenvalue weighted by atomic mass is 10.1. The molecule has 0 bridgehead atoms. The van der Waals surface area contributed by atoms with Gasteiger partial charge in [0.2, 0.25) is 0 Å². The Morgan fingerprint density at radius 3 is 2.79 bits per heavy atom. The lowest BCUT2D eigenvalue weighted by Crippen LogP contribution is -2.51. The number of halogens is 1. The summed E-state index contributed by atoms with van der Waals surface area (Å²) in [5.41, 5.74) is 1.18. The van der Waals surface area contributed by atoms with Crippen LogP contribution in [-0.4, -0.2) is 56.2 Å². The molecule has 0 amide bonds. The number of aromatic nitrogens is 5. The molecule has 9 nitrogen and oxygen atoms in total. The normalized spacial score (nSPS) is 17.2. The summed E-state index contributed by atoms with van der Waals surface area (Å²) in [4.78, 5) is 7.16. The SMILES string of the molecule is CCCCNC(=NCc1nnc(C)n1C)NC1CCCN(c2cnn(C)c2)C1.I. The van der Waals surface area contributed by atoms with Crippen molar-refractivity contribution < 1.29 is 0 Å². The van der Waals surface area contributed by atoms with Gasteiger partial charge in [0.1, 0.15) is 12.4 Å². The van der Waals surface area contributed by atoms with Crippen molar-refractivity contribution in [2.24, 2.45) is 19.1 Å². The molecule has 0 aromatic carbocycles. The summed E-state index contributed by atoms with van der Waals surface area (Å²) in [5.74, 6) is 2.62. The van der Waals surface area contributed by atoms with Crippen LogP contribution >= 0.6 is 24.0 Å². The molecule has 0 saturated carbocycles. The number of hydrogen-bond acceptors (Lipinski definition) is 5. The minimum Gasteiger partial charge on any atom is -0.367 e. The Morgan fingerprint density at radius 2 is 2.14 bits per heavy atom. The van der Waals surface area contributed by atoms with E-state index in [-0.39, 0.29) is 24.0 Å². The number of aryl methyl sites for hydroxylation is 2. The number of nitrogens with zero attached hydrogens (tertiary/aromatic N) is 7. The molecule has 1 aliphatic heterocycles. The van der Waals surface area contributed by atoms with Crippen molar-refractivity contribution in [2.75, 3.05) is 24.5 Å². The lowest BCUT2D eigenvalue weighted by Gasteiger charge is -2.34. The van der Waals surface area contributed by atoms with Crippen LogP contribution in [0.1, 0.15) is 44.3 Å². The van der Waals surface area contributed by atoms with E-state index in [1.807, 2.05) is 36.5 Å². The van der Waals surface area contributed by atoms with Crippen molar-refractivity contribution in [3.8, 4) is 0 Å². The number of nitrogens with one attached hydrogen (secondary N) is 2. The van der Waals surface area contributed by atoms with Gasteiger partial charge < -0.3 is 20.1 Å². The smallest absolute Gasteiger partial charge is 0.191 e. The first kappa shape index (κ1) is 23.4. The molecule has 2 aromatic rings. The van der Waals surface area contributed by atoms with E-state index in [1.165, 1.54) is 5.69 Å². The average Bonchev–Trinajstić information content (AvgIpc) is 3.26.